The van der Waals surface area contributed by atoms with Crippen LogP contribution in [0.15, 0.2) is 53.4 Å². The summed E-state index contributed by atoms with van der Waals surface area (Å²) in [5.41, 5.74) is 9.77. The monoisotopic (exact) mass is 400 g/mol. The van der Waals surface area contributed by atoms with Gasteiger partial charge in [0.1, 0.15) is 0 Å². The maximum absolute atomic E-state index is 12.8. The zero-order chi connectivity index (χ0) is 19.7. The lowest BCUT2D eigenvalue weighted by atomic mass is 10.2. The lowest BCUT2D eigenvalue weighted by Gasteiger charge is -2.27. The summed E-state index contributed by atoms with van der Waals surface area (Å²) in [5, 5.41) is 19.7. The van der Waals surface area contributed by atoms with Gasteiger partial charge in [-0.1, -0.05) is 6.07 Å². The van der Waals surface area contributed by atoms with Crippen molar-refractivity contribution in [3.05, 3.63) is 64.2 Å². The van der Waals surface area contributed by atoms with Crippen molar-refractivity contribution in [2.75, 3.05) is 4.08 Å². The number of sulfonamides is 1. The molecule has 11 nitrogen and oxygen atoms in total. The summed E-state index contributed by atoms with van der Waals surface area (Å²) < 4.78 is 38.1. The van der Waals surface area contributed by atoms with Crippen molar-refractivity contribution in [2.45, 2.75) is 4.90 Å². The molecule has 0 amide bonds. The third kappa shape index (κ3) is 3.89. The second-order valence-corrected chi connectivity index (χ2v) is 8.83. The van der Waals surface area contributed by atoms with Crippen molar-refractivity contribution in [1.29, 1.82) is 0 Å². The molecule has 0 fully saturated rings. The fourth-order valence-corrected chi connectivity index (χ4v) is 5.27. The van der Waals surface area contributed by atoms with E-state index >= 15 is 0 Å². The van der Waals surface area contributed by atoms with E-state index in [0.29, 0.717) is 0 Å². The first-order valence-electron chi connectivity index (χ1n) is 6.75. The molecule has 2 aromatic rings. The maximum Gasteiger partial charge on any atom is 0.335 e. The molecule has 0 aliphatic carbocycles. The van der Waals surface area contributed by atoms with Gasteiger partial charge in [-0.3, -0.25) is 25.7 Å². The Morgan fingerprint density at radius 2 is 1.73 bits per heavy atom. The Bertz CT molecular complexity index is 1020. The van der Waals surface area contributed by atoms with Crippen molar-refractivity contribution >= 4 is 35.0 Å². The molecule has 0 bridgehead atoms. The number of hydrogen-bond acceptors (Lipinski definition) is 6. The van der Waals surface area contributed by atoms with Crippen molar-refractivity contribution in [3.63, 3.8) is 0 Å². The number of carbonyl (C=O) groups is 1. The Morgan fingerprint density at radius 3 is 2.19 bits per heavy atom. The molecular weight excluding hydrogens is 387 g/mol. The van der Waals surface area contributed by atoms with E-state index in [1.165, 1.54) is 18.2 Å². The number of nitrogens with two attached hydrogens (primary N) is 2. The molecular formula is C13H13N4O7PS. The predicted molar refractivity (Wildman–Crippen MR) is 92.1 cm³/mol. The molecule has 0 saturated carbocycles. The van der Waals surface area contributed by atoms with Crippen molar-refractivity contribution in [3.8, 4) is 0 Å². The third-order valence-electron chi connectivity index (χ3n) is 3.17. The van der Waals surface area contributed by atoms with Crippen LogP contribution in [0.1, 0.15) is 10.4 Å². The lowest BCUT2D eigenvalue weighted by Crippen LogP contribution is -2.34. The summed E-state index contributed by atoms with van der Waals surface area (Å²) in [4.78, 5) is 20.6. The highest BCUT2D eigenvalue weighted by Crippen LogP contribution is 2.42. The van der Waals surface area contributed by atoms with Crippen LogP contribution in [0.4, 0.5) is 11.4 Å². The minimum absolute atomic E-state index is 0.216. The van der Waals surface area contributed by atoms with Crippen molar-refractivity contribution in [2.24, 2.45) is 11.0 Å². The predicted octanol–water partition coefficient (Wildman–Crippen LogP) is 1.51. The van der Waals surface area contributed by atoms with Crippen LogP contribution in [0.3, 0.4) is 0 Å². The first kappa shape index (κ1) is 19.5. The molecule has 0 aromatic heterocycles. The van der Waals surface area contributed by atoms with E-state index in [1.54, 1.807) is 0 Å². The number of non-ortho nitro benzene ring substituents is 1. The van der Waals surface area contributed by atoms with E-state index in [9.17, 15) is 27.9 Å². The van der Waals surface area contributed by atoms with Gasteiger partial charge in [0, 0.05) is 12.1 Å². The highest BCUT2D eigenvalue weighted by atomic mass is 32.2. The van der Waals surface area contributed by atoms with Crippen LogP contribution in [0, 0.1) is 10.1 Å². The minimum Gasteiger partial charge on any atom is -0.478 e. The van der Waals surface area contributed by atoms with E-state index < -0.39 is 33.4 Å². The van der Waals surface area contributed by atoms with Crippen LogP contribution in [-0.4, -0.2) is 24.4 Å². The first-order chi connectivity index (χ1) is 11.9. The van der Waals surface area contributed by atoms with Crippen molar-refractivity contribution < 1.29 is 27.8 Å². The smallest absolute Gasteiger partial charge is 0.335 e. The standard InChI is InChI=1S/C13H13N4O7PS/c14-25(15,22)17(11-3-1-2-9(8-11)13(18)19)26(23,24)12-6-4-10(5-7-12)16(20)21/h1-8H,(H,18,19)(H4,14,15,22). The molecule has 2 aromatic carbocycles. The topological polar surface area (TPSA) is 187 Å². The number of anilines is 1. The Hall–Kier alpha value is -2.79. The number of nitrogens with zero attached hydrogens (tertiary/aromatic N) is 2. The normalized spacial score (nSPS) is 11.8. The number of hydrogen-bond donors (Lipinski definition) is 3. The summed E-state index contributed by atoms with van der Waals surface area (Å²) in [6.45, 7) is 0. The molecule has 0 aliphatic heterocycles. The second kappa shape index (κ2) is 6.84. The summed E-state index contributed by atoms with van der Waals surface area (Å²) in [6, 6.07) is 8.27. The van der Waals surface area contributed by atoms with Crippen LogP contribution in [-0.2, 0) is 14.6 Å². The molecule has 26 heavy (non-hydrogen) atoms. The molecule has 0 aliphatic rings. The van der Waals surface area contributed by atoms with Gasteiger partial charge in [-0.25, -0.2) is 13.2 Å². The Kier molecular flexibility index (Phi) is 5.14. The molecule has 0 atom stereocenters. The third-order valence-corrected chi connectivity index (χ3v) is 6.91. The van der Waals surface area contributed by atoms with Crippen LogP contribution in [0.5, 0.6) is 0 Å². The summed E-state index contributed by atoms with van der Waals surface area (Å²) >= 11 is 0. The number of aromatic carboxylic acids is 1. The summed E-state index contributed by atoms with van der Waals surface area (Å²) in [5.74, 6) is -1.34. The maximum atomic E-state index is 12.8. The van der Waals surface area contributed by atoms with Crippen LogP contribution >= 0.6 is 7.59 Å². The molecule has 0 heterocycles. The number of nitro benzene ring substituents is 1. The van der Waals surface area contributed by atoms with Gasteiger partial charge in [0.2, 0.25) is 0 Å². The van der Waals surface area contributed by atoms with E-state index in [-0.39, 0.29) is 21.0 Å². The van der Waals surface area contributed by atoms with E-state index in [2.05, 4.69) is 0 Å². The number of benzene rings is 2. The minimum atomic E-state index is -4.59. The number of carboxylic acids is 1. The van der Waals surface area contributed by atoms with Gasteiger partial charge in [-0.2, -0.15) is 4.08 Å². The fourth-order valence-electron chi connectivity index (χ4n) is 2.08. The van der Waals surface area contributed by atoms with Gasteiger partial charge in [0.05, 0.1) is 21.1 Å². The molecule has 0 radical (unpaired) electrons. The average molecular weight is 400 g/mol. The molecule has 0 unspecified atom stereocenters. The average Bonchev–Trinajstić information content (AvgIpc) is 2.53. The number of rotatable bonds is 6. The zero-order valence-electron chi connectivity index (χ0n) is 12.9. The van der Waals surface area contributed by atoms with Crippen LogP contribution in [0.25, 0.3) is 0 Å². The highest BCUT2D eigenvalue weighted by Gasteiger charge is 2.36. The van der Waals surface area contributed by atoms with E-state index in [0.717, 1.165) is 30.3 Å². The first-order valence-corrected chi connectivity index (χ1v) is 9.99. The van der Waals surface area contributed by atoms with Crippen LogP contribution < -0.4 is 15.1 Å². The molecule has 13 heteroatoms. The van der Waals surface area contributed by atoms with E-state index in [4.69, 9.17) is 16.1 Å². The lowest BCUT2D eigenvalue weighted by molar-refractivity contribution is -0.384. The summed E-state index contributed by atoms with van der Waals surface area (Å²) in [6.07, 6.45) is 0. The Morgan fingerprint density at radius 1 is 1.15 bits per heavy atom. The SMILES string of the molecule is NP(N)(=O)N(c1cccc(C(=O)O)c1)S(=O)(=O)c1ccc([N+](=O)[O-])cc1. The highest BCUT2D eigenvalue weighted by molar-refractivity contribution is 8.00. The van der Waals surface area contributed by atoms with Gasteiger partial charge in [0.25, 0.3) is 15.7 Å². The molecule has 5 N–H and O–H groups in total. The molecule has 138 valence electrons. The van der Waals surface area contributed by atoms with Gasteiger partial charge in [-0.05, 0) is 30.3 Å². The van der Waals surface area contributed by atoms with E-state index in [1.807, 2.05) is 0 Å². The fraction of sp³-hybridized carbons (Fsp3) is 0. The van der Waals surface area contributed by atoms with Gasteiger partial charge in [0.15, 0.2) is 0 Å². The van der Waals surface area contributed by atoms with Gasteiger partial charge >= 0.3 is 13.6 Å². The van der Waals surface area contributed by atoms with Crippen LogP contribution in [0.2, 0.25) is 0 Å². The zero-order valence-corrected chi connectivity index (χ0v) is 14.6. The Balaban J connectivity index is 2.63. The Labute approximate surface area is 147 Å². The molecule has 2 rings (SSSR count). The number of carboxylic acid groups (broad SMARTS) is 1. The quantitative estimate of drug-likeness (QED) is 0.367. The largest absolute Gasteiger partial charge is 0.478 e. The summed E-state index contributed by atoms with van der Waals surface area (Å²) in [7, 11) is -9.04. The number of nitro groups is 1. The van der Waals surface area contributed by atoms with Crippen molar-refractivity contribution in [1.82, 2.24) is 0 Å². The molecule has 0 saturated heterocycles. The van der Waals surface area contributed by atoms with Gasteiger partial charge < -0.3 is 5.11 Å². The second-order valence-electron chi connectivity index (χ2n) is 5.03. The molecule has 0 spiro atoms. The van der Waals surface area contributed by atoms with Gasteiger partial charge in [-0.15, -0.1) is 0 Å².